The highest BCUT2D eigenvalue weighted by Gasteiger charge is 2.23. The third-order valence-electron chi connectivity index (χ3n) is 4.52. The first-order valence-corrected chi connectivity index (χ1v) is 8.08. The van der Waals surface area contributed by atoms with E-state index in [2.05, 4.69) is 53.1 Å². The SMILES string of the molecule is CN(CC1CCCN1C)c1ncc(CCl)c2ccccc12. The van der Waals surface area contributed by atoms with Gasteiger partial charge in [0.05, 0.1) is 0 Å². The van der Waals surface area contributed by atoms with Gasteiger partial charge in [-0.3, -0.25) is 0 Å². The Hall–Kier alpha value is -1.32. The average molecular weight is 304 g/mol. The van der Waals surface area contributed by atoms with Gasteiger partial charge in [-0.1, -0.05) is 24.3 Å². The summed E-state index contributed by atoms with van der Waals surface area (Å²) in [5, 5.41) is 2.41. The number of aromatic nitrogens is 1. The Kier molecular flexibility index (Phi) is 4.32. The molecule has 4 heteroatoms. The number of likely N-dealkylation sites (N-methyl/N-ethyl adjacent to an activating group) is 2. The van der Waals surface area contributed by atoms with E-state index in [1.807, 2.05) is 6.20 Å². The summed E-state index contributed by atoms with van der Waals surface area (Å²) in [5.74, 6) is 1.56. The Balaban J connectivity index is 1.92. The molecule has 3 nitrogen and oxygen atoms in total. The van der Waals surface area contributed by atoms with E-state index in [4.69, 9.17) is 11.6 Å². The van der Waals surface area contributed by atoms with Crippen molar-refractivity contribution in [1.82, 2.24) is 9.88 Å². The van der Waals surface area contributed by atoms with Crippen molar-refractivity contribution in [3.63, 3.8) is 0 Å². The number of hydrogen-bond acceptors (Lipinski definition) is 3. The Bertz CT molecular complexity index is 628. The maximum Gasteiger partial charge on any atom is 0.136 e. The first kappa shape index (κ1) is 14.6. The molecule has 0 N–H and O–H groups in total. The van der Waals surface area contributed by atoms with Crippen molar-refractivity contribution in [2.45, 2.75) is 24.8 Å². The van der Waals surface area contributed by atoms with Crippen LogP contribution in [0.4, 0.5) is 5.82 Å². The van der Waals surface area contributed by atoms with Crippen LogP contribution in [-0.2, 0) is 5.88 Å². The minimum atomic E-state index is 0.503. The molecule has 1 aliphatic rings. The van der Waals surface area contributed by atoms with Crippen LogP contribution in [0.3, 0.4) is 0 Å². The van der Waals surface area contributed by atoms with Gasteiger partial charge < -0.3 is 9.80 Å². The van der Waals surface area contributed by atoms with Crippen molar-refractivity contribution in [2.75, 3.05) is 32.1 Å². The fourth-order valence-corrected chi connectivity index (χ4v) is 3.47. The fourth-order valence-electron chi connectivity index (χ4n) is 3.26. The lowest BCUT2D eigenvalue weighted by Gasteiger charge is -2.27. The maximum absolute atomic E-state index is 6.03. The van der Waals surface area contributed by atoms with Gasteiger partial charge in [-0.25, -0.2) is 4.98 Å². The van der Waals surface area contributed by atoms with E-state index in [9.17, 15) is 0 Å². The molecule has 112 valence electrons. The normalized spacial score (nSPS) is 19.3. The van der Waals surface area contributed by atoms with E-state index >= 15 is 0 Å². The second-order valence-corrected chi connectivity index (χ2v) is 6.21. The van der Waals surface area contributed by atoms with Gasteiger partial charge in [-0.05, 0) is 37.4 Å². The number of halogens is 1. The number of alkyl halides is 1. The smallest absolute Gasteiger partial charge is 0.136 e. The fraction of sp³-hybridized carbons (Fsp3) is 0.471. The Labute approximate surface area is 131 Å². The molecule has 3 rings (SSSR count). The number of rotatable bonds is 4. The molecule has 1 aliphatic heterocycles. The molecule has 1 atom stereocenters. The van der Waals surface area contributed by atoms with Crippen LogP contribution in [0.15, 0.2) is 30.5 Å². The van der Waals surface area contributed by atoms with Crippen molar-refractivity contribution >= 4 is 28.2 Å². The van der Waals surface area contributed by atoms with Gasteiger partial charge >= 0.3 is 0 Å². The number of benzene rings is 1. The Morgan fingerprint density at radius 3 is 2.76 bits per heavy atom. The lowest BCUT2D eigenvalue weighted by Crippen LogP contribution is -2.37. The van der Waals surface area contributed by atoms with Crippen LogP contribution in [0.25, 0.3) is 10.8 Å². The van der Waals surface area contributed by atoms with Crippen molar-refractivity contribution in [3.05, 3.63) is 36.0 Å². The molecule has 1 fully saturated rings. The molecular formula is C17H22ClN3. The van der Waals surface area contributed by atoms with Gasteiger partial charge in [-0.2, -0.15) is 0 Å². The van der Waals surface area contributed by atoms with Crippen LogP contribution in [0.1, 0.15) is 18.4 Å². The van der Waals surface area contributed by atoms with Crippen molar-refractivity contribution in [1.29, 1.82) is 0 Å². The molecule has 1 saturated heterocycles. The molecule has 0 aliphatic carbocycles. The van der Waals surface area contributed by atoms with Crippen LogP contribution in [-0.4, -0.2) is 43.1 Å². The molecule has 0 saturated carbocycles. The zero-order valence-corrected chi connectivity index (χ0v) is 13.5. The molecule has 0 spiro atoms. The molecule has 2 aromatic rings. The molecule has 21 heavy (non-hydrogen) atoms. The van der Waals surface area contributed by atoms with Gasteiger partial charge in [-0.15, -0.1) is 11.6 Å². The average Bonchev–Trinajstić information content (AvgIpc) is 2.91. The van der Waals surface area contributed by atoms with E-state index in [0.717, 1.165) is 17.9 Å². The van der Waals surface area contributed by atoms with E-state index in [0.29, 0.717) is 11.9 Å². The predicted molar refractivity (Wildman–Crippen MR) is 90.2 cm³/mol. The number of fused-ring (bicyclic) bond motifs is 1. The minimum absolute atomic E-state index is 0.503. The third-order valence-corrected chi connectivity index (χ3v) is 4.81. The van der Waals surface area contributed by atoms with Crippen molar-refractivity contribution in [3.8, 4) is 0 Å². The molecule has 1 aromatic carbocycles. The second kappa shape index (κ2) is 6.20. The monoisotopic (exact) mass is 303 g/mol. The van der Waals surface area contributed by atoms with Crippen LogP contribution >= 0.6 is 11.6 Å². The first-order valence-electron chi connectivity index (χ1n) is 7.54. The summed E-state index contributed by atoms with van der Waals surface area (Å²) >= 11 is 6.03. The lowest BCUT2D eigenvalue weighted by molar-refractivity contribution is 0.314. The number of pyridine rings is 1. The van der Waals surface area contributed by atoms with Crippen LogP contribution in [0.2, 0.25) is 0 Å². The molecule has 2 heterocycles. The minimum Gasteiger partial charge on any atom is -0.358 e. The zero-order valence-electron chi connectivity index (χ0n) is 12.7. The third kappa shape index (κ3) is 2.85. The van der Waals surface area contributed by atoms with Gasteiger partial charge in [0.25, 0.3) is 0 Å². The van der Waals surface area contributed by atoms with Crippen LogP contribution in [0.5, 0.6) is 0 Å². The zero-order chi connectivity index (χ0) is 14.8. The van der Waals surface area contributed by atoms with Crippen LogP contribution < -0.4 is 4.90 Å². The summed E-state index contributed by atoms with van der Waals surface area (Å²) < 4.78 is 0. The molecule has 1 aromatic heterocycles. The lowest BCUT2D eigenvalue weighted by atomic mass is 10.1. The summed E-state index contributed by atoms with van der Waals surface area (Å²) in [6.45, 7) is 2.23. The number of hydrogen-bond donors (Lipinski definition) is 0. The highest BCUT2D eigenvalue weighted by atomic mass is 35.5. The van der Waals surface area contributed by atoms with E-state index in [1.54, 1.807) is 0 Å². The summed E-state index contributed by atoms with van der Waals surface area (Å²) in [5.41, 5.74) is 1.10. The topological polar surface area (TPSA) is 19.4 Å². The van der Waals surface area contributed by atoms with E-state index < -0.39 is 0 Å². The van der Waals surface area contributed by atoms with Crippen molar-refractivity contribution < 1.29 is 0 Å². The van der Waals surface area contributed by atoms with Gasteiger partial charge in [0, 0.05) is 37.1 Å². The Morgan fingerprint density at radius 1 is 1.33 bits per heavy atom. The summed E-state index contributed by atoms with van der Waals surface area (Å²) in [6, 6.07) is 9.04. The molecular weight excluding hydrogens is 282 g/mol. The summed E-state index contributed by atoms with van der Waals surface area (Å²) in [4.78, 5) is 9.40. The van der Waals surface area contributed by atoms with Crippen molar-refractivity contribution in [2.24, 2.45) is 0 Å². The maximum atomic E-state index is 6.03. The van der Waals surface area contributed by atoms with Gasteiger partial charge in [0.2, 0.25) is 0 Å². The second-order valence-electron chi connectivity index (χ2n) is 5.94. The molecule has 1 unspecified atom stereocenters. The number of likely N-dealkylation sites (tertiary alicyclic amines) is 1. The van der Waals surface area contributed by atoms with E-state index in [-0.39, 0.29) is 0 Å². The predicted octanol–water partition coefficient (Wildman–Crippen LogP) is 3.50. The van der Waals surface area contributed by atoms with Gasteiger partial charge in [0.1, 0.15) is 5.82 Å². The van der Waals surface area contributed by atoms with Crippen LogP contribution in [0, 0.1) is 0 Å². The molecule has 0 bridgehead atoms. The largest absolute Gasteiger partial charge is 0.358 e. The molecule has 0 radical (unpaired) electrons. The highest BCUT2D eigenvalue weighted by Crippen LogP contribution is 2.28. The van der Waals surface area contributed by atoms with Gasteiger partial charge in [0.15, 0.2) is 0 Å². The number of nitrogens with zero attached hydrogens (tertiary/aromatic N) is 3. The quantitative estimate of drug-likeness (QED) is 0.806. The molecule has 0 amide bonds. The van der Waals surface area contributed by atoms with E-state index in [1.165, 1.54) is 30.2 Å². The first-order chi connectivity index (χ1) is 10.2. The highest BCUT2D eigenvalue weighted by molar-refractivity contribution is 6.18. The Morgan fingerprint density at radius 2 is 2.10 bits per heavy atom. The summed E-state index contributed by atoms with van der Waals surface area (Å²) in [7, 11) is 4.36. The number of anilines is 1. The standard InChI is InChI=1S/C17H22ClN3/c1-20-9-5-6-14(20)12-21(2)17-16-8-4-3-7-15(16)13(10-18)11-19-17/h3-4,7-8,11,14H,5-6,9-10,12H2,1-2H3. The summed E-state index contributed by atoms with van der Waals surface area (Å²) in [6.07, 6.45) is 4.49.